The Bertz CT molecular complexity index is 187. The van der Waals surface area contributed by atoms with E-state index in [1.807, 2.05) is 0 Å². The number of ether oxygens (including phenoxy) is 1. The van der Waals surface area contributed by atoms with Gasteiger partial charge in [-0.2, -0.15) is 0 Å². The van der Waals surface area contributed by atoms with Gasteiger partial charge in [0.15, 0.2) is 0 Å². The van der Waals surface area contributed by atoms with Gasteiger partial charge in [-0.25, -0.2) is 4.79 Å². The molecule has 0 N–H and O–H groups in total. The summed E-state index contributed by atoms with van der Waals surface area (Å²) in [6.45, 7) is 5.56. The van der Waals surface area contributed by atoms with Crippen molar-refractivity contribution in [1.82, 2.24) is 0 Å². The molecule has 0 radical (unpaired) electrons. The van der Waals surface area contributed by atoms with Crippen LogP contribution in [0.1, 0.15) is 39.0 Å². The zero-order chi connectivity index (χ0) is 9.68. The molecule has 2 atom stereocenters. The van der Waals surface area contributed by atoms with E-state index in [1.54, 1.807) is 0 Å². The van der Waals surface area contributed by atoms with Crippen LogP contribution in [0.4, 0.5) is 0 Å². The average molecular weight is 182 g/mol. The highest BCUT2D eigenvalue weighted by Gasteiger charge is 2.22. The lowest BCUT2D eigenvalue weighted by Crippen LogP contribution is -2.23. The van der Waals surface area contributed by atoms with Crippen LogP contribution in [0.25, 0.3) is 0 Å². The Morgan fingerprint density at radius 2 is 2.08 bits per heavy atom. The van der Waals surface area contributed by atoms with Crippen LogP contribution in [-0.4, -0.2) is 12.1 Å². The van der Waals surface area contributed by atoms with Crippen molar-refractivity contribution in [2.75, 3.05) is 0 Å². The van der Waals surface area contributed by atoms with Crippen molar-refractivity contribution in [1.29, 1.82) is 0 Å². The molecule has 0 saturated heterocycles. The minimum absolute atomic E-state index is 0.119. The van der Waals surface area contributed by atoms with Gasteiger partial charge in [-0.15, -0.1) is 0 Å². The number of hydrogen-bond acceptors (Lipinski definition) is 2. The third-order valence-corrected chi connectivity index (χ3v) is 2.72. The molecule has 0 aliphatic heterocycles. The molecule has 1 aliphatic rings. The second-order valence-corrected chi connectivity index (χ2v) is 3.79. The Hall–Kier alpha value is -0.790. The second kappa shape index (κ2) is 5.05. The first kappa shape index (κ1) is 10.3. The molecule has 0 aromatic carbocycles. The fourth-order valence-corrected chi connectivity index (χ4v) is 1.83. The van der Waals surface area contributed by atoms with E-state index in [9.17, 15) is 4.79 Å². The van der Waals surface area contributed by atoms with Crippen molar-refractivity contribution >= 4 is 5.97 Å². The van der Waals surface area contributed by atoms with Crippen molar-refractivity contribution < 1.29 is 9.53 Å². The van der Waals surface area contributed by atoms with Gasteiger partial charge in [0.25, 0.3) is 0 Å². The standard InChI is InChI=1S/C11H18O2/c1-3-11(12)13-10-8-6-4-5-7-9(10)2/h3,9-10H,1,4-8H2,2H3. The van der Waals surface area contributed by atoms with E-state index >= 15 is 0 Å². The van der Waals surface area contributed by atoms with E-state index in [4.69, 9.17) is 4.74 Å². The molecule has 74 valence electrons. The molecule has 0 aromatic rings. The number of esters is 1. The maximum Gasteiger partial charge on any atom is 0.330 e. The van der Waals surface area contributed by atoms with E-state index in [-0.39, 0.29) is 12.1 Å². The topological polar surface area (TPSA) is 26.3 Å². The third kappa shape index (κ3) is 3.21. The number of carbonyl (C=O) groups is 1. The SMILES string of the molecule is C=CC(=O)OC1CCCCCC1C. The maximum atomic E-state index is 11.0. The van der Waals surface area contributed by atoms with Gasteiger partial charge in [0.2, 0.25) is 0 Å². The smallest absolute Gasteiger partial charge is 0.330 e. The van der Waals surface area contributed by atoms with Gasteiger partial charge >= 0.3 is 5.97 Å². The first-order chi connectivity index (χ1) is 6.24. The van der Waals surface area contributed by atoms with Crippen molar-refractivity contribution in [3.05, 3.63) is 12.7 Å². The van der Waals surface area contributed by atoms with Crippen LogP contribution in [-0.2, 0) is 9.53 Å². The molecular formula is C11H18O2. The van der Waals surface area contributed by atoms with Crippen molar-refractivity contribution in [2.24, 2.45) is 5.92 Å². The van der Waals surface area contributed by atoms with Crippen molar-refractivity contribution in [3.8, 4) is 0 Å². The number of rotatable bonds is 2. The minimum Gasteiger partial charge on any atom is -0.459 e. The molecule has 2 nitrogen and oxygen atoms in total. The molecule has 0 amide bonds. The zero-order valence-corrected chi connectivity index (χ0v) is 8.29. The lowest BCUT2D eigenvalue weighted by molar-refractivity contribution is -0.145. The summed E-state index contributed by atoms with van der Waals surface area (Å²) >= 11 is 0. The maximum absolute atomic E-state index is 11.0. The van der Waals surface area contributed by atoms with Crippen LogP contribution in [0.15, 0.2) is 12.7 Å². The quantitative estimate of drug-likeness (QED) is 0.373. The van der Waals surface area contributed by atoms with Crippen molar-refractivity contribution in [2.45, 2.75) is 45.1 Å². The van der Waals surface area contributed by atoms with E-state index in [0.717, 1.165) is 6.42 Å². The van der Waals surface area contributed by atoms with Gasteiger partial charge in [0, 0.05) is 6.08 Å². The highest BCUT2D eigenvalue weighted by molar-refractivity contribution is 5.81. The zero-order valence-electron chi connectivity index (χ0n) is 8.29. The predicted molar refractivity (Wildman–Crippen MR) is 52.3 cm³/mol. The lowest BCUT2D eigenvalue weighted by Gasteiger charge is -2.20. The molecule has 2 heteroatoms. The minimum atomic E-state index is -0.279. The van der Waals surface area contributed by atoms with Crippen molar-refractivity contribution in [3.63, 3.8) is 0 Å². The van der Waals surface area contributed by atoms with Crippen LogP contribution < -0.4 is 0 Å². The molecule has 0 bridgehead atoms. The Morgan fingerprint density at radius 1 is 1.38 bits per heavy atom. The number of hydrogen-bond donors (Lipinski definition) is 0. The first-order valence-electron chi connectivity index (χ1n) is 5.07. The fraction of sp³-hybridized carbons (Fsp3) is 0.727. The van der Waals surface area contributed by atoms with Gasteiger partial charge in [-0.1, -0.05) is 26.3 Å². The Balaban J connectivity index is 2.44. The molecular weight excluding hydrogens is 164 g/mol. The van der Waals surface area contributed by atoms with Crippen LogP contribution in [0.2, 0.25) is 0 Å². The average Bonchev–Trinajstić information content (AvgIpc) is 2.32. The molecule has 1 saturated carbocycles. The van der Waals surface area contributed by atoms with E-state index in [0.29, 0.717) is 5.92 Å². The molecule has 0 spiro atoms. The summed E-state index contributed by atoms with van der Waals surface area (Å²) in [6, 6.07) is 0. The van der Waals surface area contributed by atoms with Crippen LogP contribution in [0.3, 0.4) is 0 Å². The van der Waals surface area contributed by atoms with Gasteiger partial charge < -0.3 is 4.74 Å². The van der Waals surface area contributed by atoms with Gasteiger partial charge in [-0.3, -0.25) is 0 Å². The Kier molecular flexibility index (Phi) is 4.00. The lowest BCUT2D eigenvalue weighted by atomic mass is 10.00. The highest BCUT2D eigenvalue weighted by atomic mass is 16.5. The summed E-state index contributed by atoms with van der Waals surface area (Å²) in [5.74, 6) is 0.227. The van der Waals surface area contributed by atoms with E-state index in [1.165, 1.54) is 31.8 Å². The Labute approximate surface area is 80.0 Å². The summed E-state index contributed by atoms with van der Waals surface area (Å²) in [6.07, 6.45) is 7.27. The summed E-state index contributed by atoms with van der Waals surface area (Å²) < 4.78 is 5.28. The summed E-state index contributed by atoms with van der Waals surface area (Å²) in [5, 5.41) is 0. The van der Waals surface area contributed by atoms with E-state index in [2.05, 4.69) is 13.5 Å². The monoisotopic (exact) mass is 182 g/mol. The van der Waals surface area contributed by atoms with Crippen LogP contribution in [0, 0.1) is 5.92 Å². The Morgan fingerprint density at radius 3 is 2.77 bits per heavy atom. The number of carbonyl (C=O) groups excluding carboxylic acids is 1. The highest BCUT2D eigenvalue weighted by Crippen LogP contribution is 2.25. The molecule has 2 unspecified atom stereocenters. The van der Waals surface area contributed by atoms with Gasteiger partial charge in [-0.05, 0) is 25.2 Å². The summed E-state index contributed by atoms with van der Waals surface area (Å²) in [4.78, 5) is 11.0. The molecule has 13 heavy (non-hydrogen) atoms. The molecule has 0 aromatic heterocycles. The first-order valence-corrected chi connectivity index (χ1v) is 5.07. The normalized spacial score (nSPS) is 29.0. The molecule has 1 fully saturated rings. The third-order valence-electron chi connectivity index (χ3n) is 2.72. The summed E-state index contributed by atoms with van der Waals surface area (Å²) in [7, 11) is 0. The molecule has 0 heterocycles. The van der Waals surface area contributed by atoms with Gasteiger partial charge in [0.1, 0.15) is 6.10 Å². The molecule has 1 aliphatic carbocycles. The molecule has 1 rings (SSSR count). The second-order valence-electron chi connectivity index (χ2n) is 3.79. The van der Waals surface area contributed by atoms with Gasteiger partial charge in [0.05, 0.1) is 0 Å². The largest absolute Gasteiger partial charge is 0.459 e. The summed E-state index contributed by atoms with van der Waals surface area (Å²) in [5.41, 5.74) is 0. The van der Waals surface area contributed by atoms with Crippen LogP contribution >= 0.6 is 0 Å². The van der Waals surface area contributed by atoms with E-state index < -0.39 is 0 Å². The predicted octanol–water partition coefficient (Wildman–Crippen LogP) is 2.68. The van der Waals surface area contributed by atoms with Crippen LogP contribution in [0.5, 0.6) is 0 Å². The fourth-order valence-electron chi connectivity index (χ4n) is 1.83.